The van der Waals surface area contributed by atoms with Crippen LogP contribution in [0, 0.1) is 0 Å². The van der Waals surface area contributed by atoms with Gasteiger partial charge in [0.1, 0.15) is 13.2 Å². The van der Waals surface area contributed by atoms with Crippen LogP contribution in [0.4, 0.5) is 0 Å². The van der Waals surface area contributed by atoms with Crippen LogP contribution in [0.2, 0.25) is 0 Å². The van der Waals surface area contributed by atoms with Crippen molar-refractivity contribution in [3.8, 4) is 0 Å². The fraction of sp³-hybridized carbons (Fsp3) is 0.667. The minimum Gasteiger partial charge on any atom is -0.462 e. The molecule has 0 aliphatic carbocycles. The van der Waals surface area contributed by atoms with Crippen LogP contribution in [0.5, 0.6) is 0 Å². The van der Waals surface area contributed by atoms with Gasteiger partial charge >= 0.3 is 17.9 Å². The van der Waals surface area contributed by atoms with Crippen molar-refractivity contribution in [3.05, 3.63) is 109 Å². The molecule has 0 aromatic heterocycles. The second kappa shape index (κ2) is 56.7. The number of hydrogen-bond acceptors (Lipinski definition) is 6. The van der Waals surface area contributed by atoms with E-state index in [1.54, 1.807) is 0 Å². The van der Waals surface area contributed by atoms with E-state index in [1.165, 1.54) is 141 Å². The van der Waals surface area contributed by atoms with Gasteiger partial charge in [-0.05, 0) is 57.8 Å². The first-order chi connectivity index (χ1) is 34.0. The second-order valence-electron chi connectivity index (χ2n) is 18.7. The highest BCUT2D eigenvalue weighted by molar-refractivity contribution is 5.71. The van der Waals surface area contributed by atoms with Gasteiger partial charge in [0.05, 0.1) is 0 Å². The third kappa shape index (κ3) is 54.9. The van der Waals surface area contributed by atoms with E-state index in [-0.39, 0.29) is 37.5 Å². The van der Waals surface area contributed by atoms with Crippen LogP contribution < -0.4 is 0 Å². The highest BCUT2D eigenvalue weighted by atomic mass is 16.6. The van der Waals surface area contributed by atoms with Crippen molar-refractivity contribution in [2.75, 3.05) is 13.2 Å². The molecule has 6 nitrogen and oxygen atoms in total. The molecule has 69 heavy (non-hydrogen) atoms. The summed E-state index contributed by atoms with van der Waals surface area (Å²) in [6.45, 7) is 6.40. The van der Waals surface area contributed by atoms with Gasteiger partial charge < -0.3 is 14.2 Å². The Morgan fingerprint density at radius 3 is 1.10 bits per heavy atom. The van der Waals surface area contributed by atoms with Crippen LogP contribution in [0.3, 0.4) is 0 Å². The molecule has 0 aromatic rings. The number of ether oxygens (including phenoxy) is 3. The molecule has 1 unspecified atom stereocenters. The Hall–Kier alpha value is -3.93. The highest BCUT2D eigenvalue weighted by Crippen LogP contribution is 2.16. The Morgan fingerprint density at radius 1 is 0.319 bits per heavy atom. The average molecular weight is 958 g/mol. The lowest BCUT2D eigenvalue weighted by molar-refractivity contribution is -0.166. The Kier molecular flexibility index (Phi) is 53.4. The SMILES string of the molecule is CC\C=C/C=C\C=C/C=C\C=C\C=C/C=C\CCCCCC(=O)OCC(COC(=O)CC/C=C\C/C=C\CCCCCCCC)OC(=O)CCCCCCCCCCCCCCCCCCCCC. The zero-order valence-corrected chi connectivity index (χ0v) is 44.8. The Balaban J connectivity index is 4.51. The maximum atomic E-state index is 12.9. The van der Waals surface area contributed by atoms with E-state index >= 15 is 0 Å². The fourth-order valence-corrected chi connectivity index (χ4v) is 7.71. The summed E-state index contributed by atoms with van der Waals surface area (Å²) in [5.74, 6) is -1.02. The molecule has 0 rings (SSSR count). The van der Waals surface area contributed by atoms with Gasteiger partial charge in [-0.1, -0.05) is 284 Å². The van der Waals surface area contributed by atoms with Gasteiger partial charge in [0.15, 0.2) is 6.10 Å². The molecule has 0 aromatic carbocycles. The number of esters is 3. The molecular formula is C63H104O6. The smallest absolute Gasteiger partial charge is 0.306 e. The van der Waals surface area contributed by atoms with Crippen LogP contribution in [-0.2, 0) is 28.6 Å². The molecule has 0 saturated carbocycles. The van der Waals surface area contributed by atoms with Crippen molar-refractivity contribution in [3.63, 3.8) is 0 Å². The molecule has 0 spiro atoms. The molecule has 0 radical (unpaired) electrons. The van der Waals surface area contributed by atoms with E-state index in [0.29, 0.717) is 19.3 Å². The fourth-order valence-electron chi connectivity index (χ4n) is 7.71. The molecular weight excluding hydrogens is 853 g/mol. The van der Waals surface area contributed by atoms with Crippen molar-refractivity contribution in [1.29, 1.82) is 0 Å². The van der Waals surface area contributed by atoms with Gasteiger partial charge in [-0.3, -0.25) is 14.4 Å². The summed E-state index contributed by atoms with van der Waals surface area (Å²) >= 11 is 0. The average Bonchev–Trinajstić information content (AvgIpc) is 3.35. The molecule has 0 aliphatic heterocycles. The molecule has 0 aliphatic rings. The first-order valence-corrected chi connectivity index (χ1v) is 28.5. The van der Waals surface area contributed by atoms with Gasteiger partial charge in [-0.2, -0.15) is 0 Å². The zero-order chi connectivity index (χ0) is 50.0. The summed E-state index contributed by atoms with van der Waals surface area (Å²) < 4.78 is 16.8. The summed E-state index contributed by atoms with van der Waals surface area (Å²) in [6.07, 6.45) is 76.6. The summed E-state index contributed by atoms with van der Waals surface area (Å²) in [5, 5.41) is 0. The molecule has 1 atom stereocenters. The van der Waals surface area contributed by atoms with Crippen LogP contribution in [0.1, 0.15) is 252 Å². The first kappa shape index (κ1) is 65.1. The molecule has 0 N–H and O–H groups in total. The number of carbonyl (C=O) groups excluding carboxylic acids is 3. The summed E-state index contributed by atoms with van der Waals surface area (Å²) in [7, 11) is 0. The largest absolute Gasteiger partial charge is 0.462 e. The molecule has 0 fully saturated rings. The molecule has 0 heterocycles. The van der Waals surface area contributed by atoms with Crippen LogP contribution >= 0.6 is 0 Å². The topological polar surface area (TPSA) is 78.9 Å². The van der Waals surface area contributed by atoms with Gasteiger partial charge in [0.2, 0.25) is 0 Å². The predicted molar refractivity (Wildman–Crippen MR) is 297 cm³/mol. The molecule has 0 amide bonds. The van der Waals surface area contributed by atoms with Gasteiger partial charge in [0, 0.05) is 19.3 Å². The number of carbonyl (C=O) groups is 3. The first-order valence-electron chi connectivity index (χ1n) is 28.5. The van der Waals surface area contributed by atoms with Gasteiger partial charge in [-0.15, -0.1) is 0 Å². The Morgan fingerprint density at radius 2 is 0.652 bits per heavy atom. The minimum atomic E-state index is -0.820. The van der Waals surface area contributed by atoms with Crippen LogP contribution in [-0.4, -0.2) is 37.2 Å². The van der Waals surface area contributed by atoms with Crippen molar-refractivity contribution in [2.45, 2.75) is 258 Å². The monoisotopic (exact) mass is 957 g/mol. The number of rotatable bonds is 50. The molecule has 392 valence electrons. The lowest BCUT2D eigenvalue weighted by Gasteiger charge is -2.18. The normalized spacial score (nSPS) is 12.9. The van der Waals surface area contributed by atoms with Gasteiger partial charge in [0.25, 0.3) is 0 Å². The summed E-state index contributed by atoms with van der Waals surface area (Å²) in [5.41, 5.74) is 0. The lowest BCUT2D eigenvalue weighted by Crippen LogP contribution is -2.30. The highest BCUT2D eigenvalue weighted by Gasteiger charge is 2.19. The number of hydrogen-bond donors (Lipinski definition) is 0. The van der Waals surface area contributed by atoms with Crippen LogP contribution in [0.15, 0.2) is 109 Å². The van der Waals surface area contributed by atoms with E-state index in [0.717, 1.165) is 64.2 Å². The quantitative estimate of drug-likeness (QED) is 0.0199. The summed E-state index contributed by atoms with van der Waals surface area (Å²) in [6, 6.07) is 0. The Labute approximate surface area is 425 Å². The van der Waals surface area contributed by atoms with Crippen molar-refractivity contribution >= 4 is 17.9 Å². The third-order valence-electron chi connectivity index (χ3n) is 12.0. The molecule has 6 heteroatoms. The predicted octanol–water partition coefficient (Wildman–Crippen LogP) is 19.1. The minimum absolute atomic E-state index is 0.119. The van der Waals surface area contributed by atoms with E-state index in [9.17, 15) is 14.4 Å². The standard InChI is InChI=1S/C63H104O6/c1-4-7-10-13-16-19-22-25-27-29-31-33-35-38-41-44-47-50-53-56-62(65)68-59-60(58-67-61(64)55-52-49-46-43-40-37-24-21-18-15-12-9-6-3)69-63(66)57-54-51-48-45-42-39-36-34-32-30-28-26-23-20-17-14-11-8-5-2/h7,10,13,16,19,22,25,27,29,31,33,35,37-38,40-41,46,49,60H,4-6,8-9,11-12,14-15,17-18,20-21,23-24,26,28,30,32,34,36,39,42-45,47-48,50-59H2,1-3H3/b10-7-,16-13-,22-19-,27-25-,31-29+,35-33-,40-37-,41-38-,49-46-. The van der Waals surface area contributed by atoms with Gasteiger partial charge in [-0.25, -0.2) is 0 Å². The van der Waals surface area contributed by atoms with E-state index in [1.807, 2.05) is 79.0 Å². The lowest BCUT2D eigenvalue weighted by atomic mass is 10.0. The van der Waals surface area contributed by atoms with E-state index in [4.69, 9.17) is 14.2 Å². The Bertz CT molecular complexity index is 1420. The maximum Gasteiger partial charge on any atom is 0.306 e. The second-order valence-corrected chi connectivity index (χ2v) is 18.7. The van der Waals surface area contributed by atoms with Crippen molar-refractivity contribution in [1.82, 2.24) is 0 Å². The maximum absolute atomic E-state index is 12.9. The van der Waals surface area contributed by atoms with Crippen LogP contribution in [0.25, 0.3) is 0 Å². The number of allylic oxidation sites excluding steroid dienone is 18. The zero-order valence-electron chi connectivity index (χ0n) is 44.8. The van der Waals surface area contributed by atoms with E-state index < -0.39 is 6.10 Å². The van der Waals surface area contributed by atoms with Crippen molar-refractivity contribution in [2.24, 2.45) is 0 Å². The summed E-state index contributed by atoms with van der Waals surface area (Å²) in [4.78, 5) is 38.1. The molecule has 0 saturated heterocycles. The molecule has 0 bridgehead atoms. The number of unbranched alkanes of at least 4 members (excludes halogenated alkanes) is 27. The third-order valence-corrected chi connectivity index (χ3v) is 12.0. The van der Waals surface area contributed by atoms with Crippen molar-refractivity contribution < 1.29 is 28.6 Å². The van der Waals surface area contributed by atoms with E-state index in [2.05, 4.69) is 51.2 Å².